The Morgan fingerprint density at radius 2 is 1.67 bits per heavy atom. The number of aromatic nitrogens is 1. The molecule has 2 nitrogen and oxygen atoms in total. The molecule has 2 rings (SSSR count). The summed E-state index contributed by atoms with van der Waals surface area (Å²) in [5, 5.41) is 2.78. The average molecular weight is 398 g/mol. The molecule has 2 aromatic rings. The molecule has 0 aliphatic carbocycles. The summed E-state index contributed by atoms with van der Waals surface area (Å²) >= 11 is 12.1. The van der Waals surface area contributed by atoms with Gasteiger partial charge in [-0.15, -0.1) is 0 Å². The van der Waals surface area contributed by atoms with Crippen LogP contribution in [0, 0.1) is 11.6 Å². The normalized spacial score (nSPS) is 10.5. The molecule has 0 fully saturated rings. The minimum absolute atomic E-state index is 0.181. The van der Waals surface area contributed by atoms with Crippen LogP contribution in [0.3, 0.4) is 0 Å². The van der Waals surface area contributed by atoms with Gasteiger partial charge in [-0.2, -0.15) is 0 Å². The molecule has 0 bridgehead atoms. The van der Waals surface area contributed by atoms with Crippen LogP contribution in [-0.4, -0.2) is 4.98 Å². The van der Waals surface area contributed by atoms with Gasteiger partial charge in [-0.1, -0.05) is 27.5 Å². The molecule has 0 spiro atoms. The van der Waals surface area contributed by atoms with Crippen molar-refractivity contribution >= 4 is 55.0 Å². The monoisotopic (exact) mass is 396 g/mol. The van der Waals surface area contributed by atoms with Crippen LogP contribution in [0.5, 0.6) is 0 Å². The van der Waals surface area contributed by atoms with E-state index in [1.54, 1.807) is 6.07 Å². The molecule has 18 heavy (non-hydrogen) atoms. The Bertz CT molecular complexity index is 585. The summed E-state index contributed by atoms with van der Waals surface area (Å²) < 4.78 is 28.2. The molecule has 7 heteroatoms. The highest BCUT2D eigenvalue weighted by Gasteiger charge is 2.13. The zero-order valence-electron chi connectivity index (χ0n) is 8.65. The Morgan fingerprint density at radius 1 is 1.06 bits per heavy atom. The van der Waals surface area contributed by atoms with Crippen LogP contribution in [0.2, 0.25) is 5.02 Å². The summed E-state index contributed by atoms with van der Waals surface area (Å²) in [7, 11) is 0. The van der Waals surface area contributed by atoms with Crippen LogP contribution in [0.25, 0.3) is 0 Å². The standard InChI is InChI=1S/C11H5Br2ClF2N2/c12-5-2-8(15)10(9(16)3-5)18-11-7(14)1-6(13)4-17-11/h1-4H,(H,17,18). The van der Waals surface area contributed by atoms with Crippen molar-refractivity contribution in [3.8, 4) is 0 Å². The van der Waals surface area contributed by atoms with Gasteiger partial charge in [0.2, 0.25) is 0 Å². The fraction of sp³-hybridized carbons (Fsp3) is 0. The molecular formula is C11H5Br2ClF2N2. The lowest BCUT2D eigenvalue weighted by Gasteiger charge is -2.10. The van der Waals surface area contributed by atoms with E-state index in [9.17, 15) is 8.78 Å². The smallest absolute Gasteiger partial charge is 0.150 e. The Kier molecular flexibility index (Phi) is 4.19. The first-order valence-electron chi connectivity index (χ1n) is 4.70. The molecule has 1 heterocycles. The van der Waals surface area contributed by atoms with Gasteiger partial charge in [0, 0.05) is 15.1 Å². The predicted octanol–water partition coefficient (Wildman–Crippen LogP) is 5.28. The highest BCUT2D eigenvalue weighted by molar-refractivity contribution is 9.10. The van der Waals surface area contributed by atoms with Crippen LogP contribution < -0.4 is 5.32 Å². The summed E-state index contributed by atoms with van der Waals surface area (Å²) in [6.07, 6.45) is 1.48. The van der Waals surface area contributed by atoms with Gasteiger partial charge in [-0.05, 0) is 34.1 Å². The molecule has 0 radical (unpaired) electrons. The second kappa shape index (κ2) is 5.50. The summed E-state index contributed by atoms with van der Waals surface area (Å²) in [6.45, 7) is 0. The van der Waals surface area contributed by atoms with Crippen molar-refractivity contribution in [3.63, 3.8) is 0 Å². The van der Waals surface area contributed by atoms with Gasteiger partial charge in [-0.3, -0.25) is 0 Å². The highest BCUT2D eigenvalue weighted by atomic mass is 79.9. The first kappa shape index (κ1) is 13.7. The Hall–Kier alpha value is -0.720. The third-order valence-electron chi connectivity index (χ3n) is 2.06. The van der Waals surface area contributed by atoms with Gasteiger partial charge in [0.05, 0.1) is 5.02 Å². The van der Waals surface area contributed by atoms with Gasteiger partial charge in [0.1, 0.15) is 11.5 Å². The third-order valence-corrected chi connectivity index (χ3v) is 3.24. The lowest BCUT2D eigenvalue weighted by atomic mass is 10.3. The Morgan fingerprint density at radius 3 is 2.22 bits per heavy atom. The van der Waals surface area contributed by atoms with E-state index in [1.165, 1.54) is 6.20 Å². The number of nitrogens with one attached hydrogen (secondary N) is 1. The molecule has 0 amide bonds. The minimum atomic E-state index is -0.734. The Labute approximate surface area is 124 Å². The number of hydrogen-bond donors (Lipinski definition) is 1. The fourth-order valence-electron chi connectivity index (χ4n) is 1.29. The Balaban J connectivity index is 2.40. The van der Waals surface area contributed by atoms with Crippen molar-refractivity contribution in [2.24, 2.45) is 0 Å². The SMILES string of the molecule is Fc1cc(Br)cc(F)c1Nc1ncc(Br)cc1Cl. The van der Waals surface area contributed by atoms with Crippen molar-refractivity contribution < 1.29 is 8.78 Å². The van der Waals surface area contributed by atoms with Gasteiger partial charge in [0.25, 0.3) is 0 Å². The van der Waals surface area contributed by atoms with E-state index in [0.717, 1.165) is 12.1 Å². The average Bonchev–Trinajstić information content (AvgIpc) is 2.25. The van der Waals surface area contributed by atoms with Crippen LogP contribution >= 0.6 is 43.5 Å². The highest BCUT2D eigenvalue weighted by Crippen LogP contribution is 2.30. The topological polar surface area (TPSA) is 24.9 Å². The van der Waals surface area contributed by atoms with Gasteiger partial charge < -0.3 is 5.32 Å². The van der Waals surface area contributed by atoms with E-state index in [0.29, 0.717) is 8.95 Å². The molecular weight excluding hydrogens is 393 g/mol. The largest absolute Gasteiger partial charge is 0.334 e. The molecule has 0 aliphatic rings. The molecule has 1 aromatic heterocycles. The predicted molar refractivity (Wildman–Crippen MR) is 74.3 cm³/mol. The number of nitrogens with zero attached hydrogens (tertiary/aromatic N) is 1. The second-order valence-electron chi connectivity index (χ2n) is 3.35. The lowest BCUT2D eigenvalue weighted by Crippen LogP contribution is -2.00. The van der Waals surface area contributed by atoms with E-state index < -0.39 is 11.6 Å². The van der Waals surface area contributed by atoms with Crippen molar-refractivity contribution in [1.82, 2.24) is 4.98 Å². The molecule has 94 valence electrons. The van der Waals surface area contributed by atoms with E-state index in [2.05, 4.69) is 42.2 Å². The number of anilines is 2. The zero-order valence-corrected chi connectivity index (χ0v) is 12.6. The van der Waals surface area contributed by atoms with E-state index in [1.807, 2.05) is 0 Å². The molecule has 0 atom stereocenters. The molecule has 0 saturated heterocycles. The minimum Gasteiger partial charge on any atom is -0.334 e. The van der Waals surface area contributed by atoms with E-state index in [-0.39, 0.29) is 16.5 Å². The number of pyridine rings is 1. The molecule has 1 aromatic carbocycles. The van der Waals surface area contributed by atoms with Crippen LogP contribution in [0.4, 0.5) is 20.3 Å². The summed E-state index contributed by atoms with van der Waals surface area (Å²) in [5.41, 5.74) is -0.296. The van der Waals surface area contributed by atoms with Crippen LogP contribution in [0.15, 0.2) is 33.3 Å². The summed E-state index contributed by atoms with van der Waals surface area (Å²) in [6, 6.07) is 3.88. The zero-order chi connectivity index (χ0) is 13.3. The maximum atomic E-state index is 13.6. The lowest BCUT2D eigenvalue weighted by molar-refractivity contribution is 0.589. The fourth-order valence-corrected chi connectivity index (χ4v) is 2.37. The van der Waals surface area contributed by atoms with Crippen molar-refractivity contribution in [1.29, 1.82) is 0 Å². The summed E-state index contributed by atoms with van der Waals surface area (Å²) in [4.78, 5) is 3.94. The number of hydrogen-bond acceptors (Lipinski definition) is 2. The van der Waals surface area contributed by atoms with Gasteiger partial charge in [0.15, 0.2) is 11.6 Å². The first-order valence-corrected chi connectivity index (χ1v) is 6.66. The quantitative estimate of drug-likeness (QED) is 0.744. The first-order chi connectivity index (χ1) is 8.47. The van der Waals surface area contributed by atoms with Crippen LogP contribution in [0.1, 0.15) is 0 Å². The number of halogens is 5. The maximum Gasteiger partial charge on any atom is 0.150 e. The molecule has 0 saturated carbocycles. The van der Waals surface area contributed by atoms with Gasteiger partial charge in [-0.25, -0.2) is 13.8 Å². The molecule has 0 unspecified atom stereocenters. The van der Waals surface area contributed by atoms with Crippen molar-refractivity contribution in [3.05, 3.63) is 50.0 Å². The van der Waals surface area contributed by atoms with Gasteiger partial charge >= 0.3 is 0 Å². The molecule has 0 aliphatic heterocycles. The number of rotatable bonds is 2. The van der Waals surface area contributed by atoms with E-state index >= 15 is 0 Å². The van der Waals surface area contributed by atoms with Crippen LogP contribution in [-0.2, 0) is 0 Å². The summed E-state index contributed by atoms with van der Waals surface area (Å²) in [5.74, 6) is -1.29. The molecule has 1 N–H and O–H groups in total. The maximum absolute atomic E-state index is 13.6. The van der Waals surface area contributed by atoms with Crippen molar-refractivity contribution in [2.75, 3.05) is 5.32 Å². The van der Waals surface area contributed by atoms with E-state index in [4.69, 9.17) is 11.6 Å². The third kappa shape index (κ3) is 2.99. The second-order valence-corrected chi connectivity index (χ2v) is 5.59. The number of benzene rings is 1. The van der Waals surface area contributed by atoms with Crippen molar-refractivity contribution in [2.45, 2.75) is 0 Å².